The number of allylic oxidation sites excluding steroid dienone is 2. The van der Waals surface area contributed by atoms with Gasteiger partial charge >= 0.3 is 0 Å². The van der Waals surface area contributed by atoms with Crippen LogP contribution in [0, 0.1) is 5.82 Å². The molecule has 0 fully saturated rings. The molecule has 3 rings (SSSR count). The largest absolute Gasteiger partial charge is 0.347 e. The maximum atomic E-state index is 13.0. The third-order valence-electron chi connectivity index (χ3n) is 4.34. The molecule has 0 saturated heterocycles. The van der Waals surface area contributed by atoms with Crippen molar-refractivity contribution in [1.82, 2.24) is 0 Å². The zero-order chi connectivity index (χ0) is 15.9. The van der Waals surface area contributed by atoms with E-state index in [4.69, 9.17) is 0 Å². The van der Waals surface area contributed by atoms with Gasteiger partial charge < -0.3 is 4.90 Å². The number of nitrogens with zero attached hydrogens (tertiary/aromatic N) is 1. The van der Waals surface area contributed by atoms with E-state index in [1.807, 2.05) is 19.2 Å². The van der Waals surface area contributed by atoms with Gasteiger partial charge in [0.2, 0.25) is 0 Å². The van der Waals surface area contributed by atoms with E-state index < -0.39 is 0 Å². The van der Waals surface area contributed by atoms with E-state index in [-0.39, 0.29) is 17.0 Å². The molecule has 1 aliphatic heterocycles. The van der Waals surface area contributed by atoms with Gasteiger partial charge in [0.1, 0.15) is 5.82 Å². The second-order valence-electron chi connectivity index (χ2n) is 6.10. The van der Waals surface area contributed by atoms with E-state index in [0.29, 0.717) is 5.56 Å². The summed E-state index contributed by atoms with van der Waals surface area (Å²) in [5, 5.41) is 0. The van der Waals surface area contributed by atoms with Gasteiger partial charge in [0.15, 0.2) is 5.78 Å². The number of hydrogen-bond donors (Lipinski definition) is 0. The van der Waals surface area contributed by atoms with Crippen LogP contribution in [0.5, 0.6) is 0 Å². The molecule has 3 heteroatoms. The number of para-hydroxylation sites is 1. The Kier molecular flexibility index (Phi) is 3.36. The molecule has 0 aliphatic carbocycles. The molecular weight excluding hydrogens is 277 g/mol. The number of hydrogen-bond acceptors (Lipinski definition) is 2. The van der Waals surface area contributed by atoms with Crippen molar-refractivity contribution in [2.24, 2.45) is 0 Å². The molecule has 0 spiro atoms. The number of likely N-dealkylation sites (N-methyl/N-ethyl adjacent to an activating group) is 1. The first-order valence-corrected chi connectivity index (χ1v) is 7.26. The molecule has 0 saturated carbocycles. The Morgan fingerprint density at radius 2 is 1.73 bits per heavy atom. The highest BCUT2D eigenvalue weighted by Crippen LogP contribution is 2.46. The van der Waals surface area contributed by atoms with E-state index in [1.165, 1.54) is 29.8 Å². The molecule has 112 valence electrons. The van der Waals surface area contributed by atoms with Crippen LogP contribution in [0.15, 0.2) is 60.3 Å². The maximum Gasteiger partial charge on any atom is 0.187 e. The molecule has 0 amide bonds. The monoisotopic (exact) mass is 295 g/mol. The van der Waals surface area contributed by atoms with E-state index in [1.54, 1.807) is 6.08 Å². The Hall–Kier alpha value is -2.42. The van der Waals surface area contributed by atoms with Gasteiger partial charge in [-0.05, 0) is 35.9 Å². The average Bonchev–Trinajstić information content (AvgIpc) is 2.69. The standard InChI is InChI=1S/C19H18FNO/c1-19(2)15-6-4-5-7-16(15)21(3)18(19)12-17(22)13-8-10-14(20)11-9-13/h4-12H,1-3H3/b18-12+. The lowest BCUT2D eigenvalue weighted by molar-refractivity contribution is 0.104. The summed E-state index contributed by atoms with van der Waals surface area (Å²) in [5.41, 5.74) is 3.53. The number of carbonyl (C=O) groups is 1. The molecule has 22 heavy (non-hydrogen) atoms. The van der Waals surface area contributed by atoms with Gasteiger partial charge in [-0.15, -0.1) is 0 Å². The molecule has 0 aromatic heterocycles. The van der Waals surface area contributed by atoms with E-state index in [0.717, 1.165) is 11.4 Å². The highest BCUT2D eigenvalue weighted by molar-refractivity contribution is 6.05. The van der Waals surface area contributed by atoms with Gasteiger partial charge in [-0.1, -0.05) is 32.0 Å². The first-order valence-electron chi connectivity index (χ1n) is 7.26. The van der Waals surface area contributed by atoms with Crippen molar-refractivity contribution in [2.75, 3.05) is 11.9 Å². The summed E-state index contributed by atoms with van der Waals surface area (Å²) in [6.45, 7) is 4.22. The van der Waals surface area contributed by atoms with Crippen LogP contribution in [0.25, 0.3) is 0 Å². The molecule has 0 N–H and O–H groups in total. The van der Waals surface area contributed by atoms with Gasteiger partial charge in [-0.3, -0.25) is 4.79 Å². The minimum Gasteiger partial charge on any atom is -0.347 e. The lowest BCUT2D eigenvalue weighted by atomic mass is 9.83. The molecule has 0 atom stereocenters. The lowest BCUT2D eigenvalue weighted by Crippen LogP contribution is -2.24. The molecule has 0 radical (unpaired) electrons. The van der Waals surface area contributed by atoms with Crippen molar-refractivity contribution >= 4 is 11.5 Å². The fraction of sp³-hybridized carbons (Fsp3) is 0.211. The Labute approximate surface area is 129 Å². The molecule has 2 nitrogen and oxygen atoms in total. The predicted octanol–water partition coefficient (Wildman–Crippen LogP) is 4.32. The van der Waals surface area contributed by atoms with Crippen molar-refractivity contribution in [3.05, 3.63) is 77.2 Å². The van der Waals surface area contributed by atoms with Crippen LogP contribution in [-0.2, 0) is 5.41 Å². The highest BCUT2D eigenvalue weighted by atomic mass is 19.1. The molecule has 0 unspecified atom stereocenters. The van der Waals surface area contributed by atoms with Crippen LogP contribution in [0.2, 0.25) is 0 Å². The summed E-state index contributed by atoms with van der Waals surface area (Å²) in [6, 6.07) is 13.8. The Morgan fingerprint density at radius 1 is 1.09 bits per heavy atom. The smallest absolute Gasteiger partial charge is 0.187 e. The first-order chi connectivity index (χ1) is 10.4. The third kappa shape index (κ3) is 2.23. The molecule has 1 heterocycles. The maximum absolute atomic E-state index is 13.0. The summed E-state index contributed by atoms with van der Waals surface area (Å²) in [4.78, 5) is 14.5. The molecule has 2 aromatic carbocycles. The minimum atomic E-state index is -0.338. The Bertz CT molecular complexity index is 759. The van der Waals surface area contributed by atoms with E-state index in [2.05, 4.69) is 30.9 Å². The summed E-state index contributed by atoms with van der Waals surface area (Å²) in [6.07, 6.45) is 1.66. The number of anilines is 1. The number of halogens is 1. The van der Waals surface area contributed by atoms with E-state index >= 15 is 0 Å². The molecule has 1 aliphatic rings. The second kappa shape index (κ2) is 5.09. The minimum absolute atomic E-state index is 0.109. The van der Waals surface area contributed by atoms with Crippen molar-refractivity contribution in [3.8, 4) is 0 Å². The molecular formula is C19H18FNO. The number of benzene rings is 2. The zero-order valence-electron chi connectivity index (χ0n) is 12.9. The molecule has 2 aromatic rings. The SMILES string of the molecule is CN1/C(=C/C(=O)c2ccc(F)cc2)C(C)(C)c2ccccc21. The van der Waals surface area contributed by atoms with Crippen LogP contribution >= 0.6 is 0 Å². The lowest BCUT2D eigenvalue weighted by Gasteiger charge is -2.23. The van der Waals surface area contributed by atoms with E-state index in [9.17, 15) is 9.18 Å². The van der Waals surface area contributed by atoms with Gasteiger partial charge in [0.25, 0.3) is 0 Å². The average molecular weight is 295 g/mol. The van der Waals surface area contributed by atoms with Crippen molar-refractivity contribution < 1.29 is 9.18 Å². The summed E-state index contributed by atoms with van der Waals surface area (Å²) >= 11 is 0. The van der Waals surface area contributed by atoms with Crippen LogP contribution in [0.4, 0.5) is 10.1 Å². The number of fused-ring (bicyclic) bond motifs is 1. The number of rotatable bonds is 2. The quantitative estimate of drug-likeness (QED) is 0.607. The summed E-state index contributed by atoms with van der Waals surface area (Å²) < 4.78 is 13.0. The predicted molar refractivity (Wildman–Crippen MR) is 86.7 cm³/mol. The zero-order valence-corrected chi connectivity index (χ0v) is 12.9. The van der Waals surface area contributed by atoms with Crippen LogP contribution in [0.3, 0.4) is 0 Å². The van der Waals surface area contributed by atoms with Gasteiger partial charge in [-0.25, -0.2) is 4.39 Å². The van der Waals surface area contributed by atoms with Gasteiger partial charge in [-0.2, -0.15) is 0 Å². The van der Waals surface area contributed by atoms with Crippen LogP contribution in [0.1, 0.15) is 29.8 Å². The second-order valence-corrected chi connectivity index (χ2v) is 6.10. The van der Waals surface area contributed by atoms with Crippen molar-refractivity contribution in [2.45, 2.75) is 19.3 Å². The highest BCUT2D eigenvalue weighted by Gasteiger charge is 2.38. The third-order valence-corrected chi connectivity index (χ3v) is 4.34. The normalized spacial score (nSPS) is 17.6. The van der Waals surface area contributed by atoms with Crippen LogP contribution in [-0.4, -0.2) is 12.8 Å². The number of ketones is 1. The topological polar surface area (TPSA) is 20.3 Å². The molecule has 0 bridgehead atoms. The van der Waals surface area contributed by atoms with Gasteiger partial charge in [0, 0.05) is 35.5 Å². The Morgan fingerprint density at radius 3 is 2.36 bits per heavy atom. The van der Waals surface area contributed by atoms with Gasteiger partial charge in [0.05, 0.1) is 0 Å². The summed E-state index contributed by atoms with van der Waals surface area (Å²) in [5.74, 6) is -0.447. The van der Waals surface area contributed by atoms with Crippen LogP contribution < -0.4 is 4.90 Å². The first kappa shape index (κ1) is 14.5. The Balaban J connectivity index is 2.01. The van der Waals surface area contributed by atoms with Crippen molar-refractivity contribution in [3.63, 3.8) is 0 Å². The fourth-order valence-corrected chi connectivity index (χ4v) is 3.08. The fourth-order valence-electron chi connectivity index (χ4n) is 3.08. The number of carbonyl (C=O) groups excluding carboxylic acids is 1. The van der Waals surface area contributed by atoms with Crippen molar-refractivity contribution in [1.29, 1.82) is 0 Å². The summed E-state index contributed by atoms with van der Waals surface area (Å²) in [7, 11) is 1.97.